The summed E-state index contributed by atoms with van der Waals surface area (Å²) in [6, 6.07) is 16.2. The molecule has 2 aromatic carbocycles. The normalized spacial score (nSPS) is 15.0. The third-order valence-corrected chi connectivity index (χ3v) is 5.60. The van der Waals surface area contributed by atoms with Crippen LogP contribution in [-0.2, 0) is 22.6 Å². The van der Waals surface area contributed by atoms with Gasteiger partial charge in [0.15, 0.2) is 0 Å². The molecule has 0 spiro atoms. The molecular formula is C24H22N6O3. The van der Waals surface area contributed by atoms with Crippen molar-refractivity contribution >= 4 is 28.4 Å². The van der Waals surface area contributed by atoms with E-state index in [1.807, 2.05) is 35.8 Å². The molecule has 1 unspecified atom stereocenters. The zero-order chi connectivity index (χ0) is 22.8. The minimum Gasteiger partial charge on any atom is -0.457 e. The van der Waals surface area contributed by atoms with Crippen molar-refractivity contribution in [3.63, 3.8) is 0 Å². The second kappa shape index (κ2) is 8.70. The van der Waals surface area contributed by atoms with Crippen molar-refractivity contribution in [1.82, 2.24) is 25.1 Å². The summed E-state index contributed by atoms with van der Waals surface area (Å²) in [5.41, 5.74) is 1.29. The van der Waals surface area contributed by atoms with E-state index in [1.54, 1.807) is 36.5 Å². The molecule has 1 aliphatic rings. The molecule has 4 aromatic rings. The molecule has 0 bridgehead atoms. The second-order valence-electron chi connectivity index (χ2n) is 7.89. The van der Waals surface area contributed by atoms with Crippen LogP contribution in [-0.4, -0.2) is 37.6 Å². The van der Waals surface area contributed by atoms with E-state index in [0.717, 1.165) is 22.6 Å². The molecule has 1 atom stereocenters. The van der Waals surface area contributed by atoms with Gasteiger partial charge in [-0.1, -0.05) is 18.2 Å². The van der Waals surface area contributed by atoms with Crippen molar-refractivity contribution in [1.29, 1.82) is 0 Å². The summed E-state index contributed by atoms with van der Waals surface area (Å²) in [5, 5.41) is 14.5. The Hall–Kier alpha value is -4.27. The number of hydrogen-bond donors (Lipinski definition) is 2. The first kappa shape index (κ1) is 20.6. The van der Waals surface area contributed by atoms with E-state index in [-0.39, 0.29) is 6.04 Å². The maximum absolute atomic E-state index is 12.5. The highest BCUT2D eigenvalue weighted by Crippen LogP contribution is 2.29. The third kappa shape index (κ3) is 4.38. The fourth-order valence-corrected chi connectivity index (χ4v) is 3.94. The SMILES string of the molecule is Cc1nnc2n1CC(NC(=O)C(=O)Nc1cccc(Oc3ccnc4ccccc34)c1)CC2. The van der Waals surface area contributed by atoms with Gasteiger partial charge in [-0.3, -0.25) is 14.6 Å². The minimum absolute atomic E-state index is 0.153. The highest BCUT2D eigenvalue weighted by atomic mass is 16.5. The highest BCUT2D eigenvalue weighted by Gasteiger charge is 2.25. The highest BCUT2D eigenvalue weighted by molar-refractivity contribution is 6.39. The molecule has 2 amide bonds. The number of benzene rings is 2. The minimum atomic E-state index is -0.729. The Morgan fingerprint density at radius 3 is 2.85 bits per heavy atom. The van der Waals surface area contributed by atoms with Gasteiger partial charge in [0.25, 0.3) is 0 Å². The van der Waals surface area contributed by atoms with Crippen molar-refractivity contribution in [2.75, 3.05) is 5.32 Å². The topological polar surface area (TPSA) is 111 Å². The predicted octanol–water partition coefficient (Wildman–Crippen LogP) is 3.00. The molecule has 9 nitrogen and oxygen atoms in total. The number of carbonyl (C=O) groups is 2. The number of rotatable bonds is 4. The Kier molecular flexibility index (Phi) is 5.43. The Bertz CT molecular complexity index is 1340. The van der Waals surface area contributed by atoms with E-state index >= 15 is 0 Å². The average Bonchev–Trinajstić information content (AvgIpc) is 3.19. The molecule has 0 saturated carbocycles. The summed E-state index contributed by atoms with van der Waals surface area (Å²) in [7, 11) is 0. The Morgan fingerprint density at radius 1 is 1.06 bits per heavy atom. The van der Waals surface area contributed by atoms with E-state index in [0.29, 0.717) is 36.6 Å². The van der Waals surface area contributed by atoms with E-state index in [4.69, 9.17) is 4.74 Å². The van der Waals surface area contributed by atoms with Crippen LogP contribution < -0.4 is 15.4 Å². The van der Waals surface area contributed by atoms with Crippen LogP contribution in [0.2, 0.25) is 0 Å². The molecule has 0 radical (unpaired) electrons. The summed E-state index contributed by atoms with van der Waals surface area (Å²) < 4.78 is 7.99. The van der Waals surface area contributed by atoms with Crippen molar-refractivity contribution in [2.45, 2.75) is 32.4 Å². The predicted molar refractivity (Wildman–Crippen MR) is 122 cm³/mol. The quantitative estimate of drug-likeness (QED) is 0.470. The van der Waals surface area contributed by atoms with Crippen LogP contribution in [0.25, 0.3) is 10.9 Å². The van der Waals surface area contributed by atoms with Crippen molar-refractivity contribution in [3.8, 4) is 11.5 Å². The Morgan fingerprint density at radius 2 is 1.94 bits per heavy atom. The Balaban J connectivity index is 1.23. The van der Waals surface area contributed by atoms with Crippen LogP contribution in [0.15, 0.2) is 60.8 Å². The lowest BCUT2D eigenvalue weighted by Gasteiger charge is -2.24. The standard InChI is InChI=1S/C24H22N6O3/c1-15-28-29-22-10-9-17(14-30(15)22)27-24(32)23(31)26-16-5-4-6-18(13-16)33-21-11-12-25-20-8-3-2-7-19(20)21/h2-8,11-13,17H,9-10,14H2,1H3,(H,26,31)(H,27,32). The summed E-state index contributed by atoms with van der Waals surface area (Å²) in [6.45, 7) is 2.42. The van der Waals surface area contributed by atoms with E-state index in [1.165, 1.54) is 0 Å². The maximum Gasteiger partial charge on any atom is 0.313 e. The number of ether oxygens (including phenoxy) is 1. The fraction of sp³-hybridized carbons (Fsp3) is 0.208. The molecule has 2 N–H and O–H groups in total. The molecule has 0 aliphatic carbocycles. The molecule has 3 heterocycles. The fourth-order valence-electron chi connectivity index (χ4n) is 3.94. The number of carbonyl (C=O) groups excluding carboxylic acids is 2. The summed E-state index contributed by atoms with van der Waals surface area (Å²) in [4.78, 5) is 29.3. The van der Waals surface area contributed by atoms with Crippen LogP contribution in [0, 0.1) is 6.92 Å². The number of fused-ring (bicyclic) bond motifs is 2. The first-order valence-corrected chi connectivity index (χ1v) is 10.7. The number of nitrogens with one attached hydrogen (secondary N) is 2. The number of nitrogens with zero attached hydrogens (tertiary/aromatic N) is 4. The van der Waals surface area contributed by atoms with E-state index in [9.17, 15) is 9.59 Å². The van der Waals surface area contributed by atoms with Crippen LogP contribution in [0.3, 0.4) is 0 Å². The van der Waals surface area contributed by atoms with Gasteiger partial charge in [-0.05, 0) is 43.7 Å². The zero-order valence-corrected chi connectivity index (χ0v) is 18.0. The maximum atomic E-state index is 12.5. The second-order valence-corrected chi connectivity index (χ2v) is 7.89. The number of pyridine rings is 1. The lowest BCUT2D eigenvalue weighted by atomic mass is 10.1. The number of aryl methyl sites for hydroxylation is 2. The lowest BCUT2D eigenvalue weighted by Crippen LogP contribution is -2.45. The van der Waals surface area contributed by atoms with Gasteiger partial charge in [0.05, 0.1) is 5.52 Å². The van der Waals surface area contributed by atoms with Crippen LogP contribution in [0.4, 0.5) is 5.69 Å². The van der Waals surface area contributed by atoms with Gasteiger partial charge in [0, 0.05) is 42.3 Å². The number of aromatic nitrogens is 4. The van der Waals surface area contributed by atoms with Crippen molar-refractivity contribution in [2.24, 2.45) is 0 Å². The molecule has 2 aromatic heterocycles. The summed E-state index contributed by atoms with van der Waals surface area (Å²) >= 11 is 0. The molecule has 1 aliphatic heterocycles. The molecule has 166 valence electrons. The van der Waals surface area contributed by atoms with Gasteiger partial charge >= 0.3 is 11.8 Å². The van der Waals surface area contributed by atoms with Gasteiger partial charge in [-0.15, -0.1) is 10.2 Å². The van der Waals surface area contributed by atoms with E-state index < -0.39 is 11.8 Å². The van der Waals surface area contributed by atoms with Crippen LogP contribution in [0.5, 0.6) is 11.5 Å². The molecule has 5 rings (SSSR count). The summed E-state index contributed by atoms with van der Waals surface area (Å²) in [6.07, 6.45) is 3.10. The van der Waals surface area contributed by atoms with Gasteiger partial charge in [0.1, 0.15) is 23.1 Å². The summed E-state index contributed by atoms with van der Waals surface area (Å²) in [5.74, 6) is 1.48. The first-order chi connectivity index (χ1) is 16.1. The number of para-hydroxylation sites is 1. The van der Waals surface area contributed by atoms with Gasteiger partial charge in [0.2, 0.25) is 0 Å². The van der Waals surface area contributed by atoms with Crippen molar-refractivity contribution < 1.29 is 14.3 Å². The van der Waals surface area contributed by atoms with Crippen molar-refractivity contribution in [3.05, 3.63) is 72.4 Å². The molecule has 0 saturated heterocycles. The van der Waals surface area contributed by atoms with Crippen LogP contribution in [0.1, 0.15) is 18.1 Å². The van der Waals surface area contributed by atoms with Gasteiger partial charge in [-0.2, -0.15) is 0 Å². The zero-order valence-electron chi connectivity index (χ0n) is 18.0. The smallest absolute Gasteiger partial charge is 0.313 e. The molecular weight excluding hydrogens is 420 g/mol. The first-order valence-electron chi connectivity index (χ1n) is 10.7. The average molecular weight is 442 g/mol. The van der Waals surface area contributed by atoms with Gasteiger partial charge < -0.3 is 19.9 Å². The Labute approximate surface area is 189 Å². The lowest BCUT2D eigenvalue weighted by molar-refractivity contribution is -0.136. The molecule has 0 fully saturated rings. The third-order valence-electron chi connectivity index (χ3n) is 5.60. The number of amides is 2. The molecule has 9 heteroatoms. The van der Waals surface area contributed by atoms with Gasteiger partial charge in [-0.25, -0.2) is 0 Å². The largest absolute Gasteiger partial charge is 0.457 e. The number of anilines is 1. The molecule has 33 heavy (non-hydrogen) atoms. The number of hydrogen-bond acceptors (Lipinski definition) is 6. The van der Waals surface area contributed by atoms with Crippen LogP contribution >= 0.6 is 0 Å². The monoisotopic (exact) mass is 442 g/mol. The van der Waals surface area contributed by atoms with E-state index in [2.05, 4.69) is 25.8 Å².